The molecule has 3 unspecified atom stereocenters. The zero-order valence-corrected chi connectivity index (χ0v) is 14.7. The van der Waals surface area contributed by atoms with Gasteiger partial charge in [0.25, 0.3) is 5.56 Å². The number of aromatic amines is 1. The third-order valence-corrected chi connectivity index (χ3v) is 4.05. The molecular formula is C16H16F3N5O5. The van der Waals surface area contributed by atoms with Crippen LogP contribution in [0, 0.1) is 11.8 Å². The molecule has 13 heteroatoms. The van der Waals surface area contributed by atoms with Gasteiger partial charge in [-0.1, -0.05) is 11.8 Å². The monoisotopic (exact) mass is 415 g/mol. The Kier molecular flexibility index (Phi) is 5.78. The van der Waals surface area contributed by atoms with E-state index in [-0.39, 0.29) is 41.9 Å². The minimum atomic E-state index is -4.83. The first-order valence-electron chi connectivity index (χ1n) is 8.26. The summed E-state index contributed by atoms with van der Waals surface area (Å²) in [5.41, 5.74) is 5.39. The number of nitrogens with one attached hydrogen (secondary N) is 1. The second-order valence-electron chi connectivity index (χ2n) is 6.03. The van der Waals surface area contributed by atoms with Gasteiger partial charge < -0.3 is 30.0 Å². The van der Waals surface area contributed by atoms with Crippen LogP contribution in [0.4, 0.5) is 19.1 Å². The summed E-state index contributed by atoms with van der Waals surface area (Å²) in [7, 11) is 0. The second kappa shape index (κ2) is 8.11. The molecule has 29 heavy (non-hydrogen) atoms. The number of hydrogen-bond acceptors (Lipinski definition) is 8. The molecule has 0 amide bonds. The molecule has 0 aliphatic carbocycles. The molecule has 0 saturated carbocycles. The highest BCUT2D eigenvalue weighted by molar-refractivity contribution is 5.83. The highest BCUT2D eigenvalue weighted by Crippen LogP contribution is 2.32. The van der Waals surface area contributed by atoms with Gasteiger partial charge in [0.15, 0.2) is 12.0 Å². The van der Waals surface area contributed by atoms with Crippen LogP contribution in [0.25, 0.3) is 11.0 Å². The van der Waals surface area contributed by atoms with E-state index in [1.807, 2.05) is 0 Å². The highest BCUT2D eigenvalue weighted by Gasteiger charge is 2.35. The van der Waals surface area contributed by atoms with Crippen LogP contribution in [-0.2, 0) is 9.47 Å². The predicted octanol–water partition coefficient (Wildman–Crippen LogP) is -0.136. The van der Waals surface area contributed by atoms with Crippen molar-refractivity contribution >= 4 is 23.4 Å². The van der Waals surface area contributed by atoms with Gasteiger partial charge in [0.2, 0.25) is 5.95 Å². The van der Waals surface area contributed by atoms with E-state index >= 15 is 0 Å². The SMILES string of the molecule is Nc1nc2c(c(C#CC/N=C\OC(F)(F)F)cn2C2CC(O)C(CO)O2)c(=O)[nH]1. The van der Waals surface area contributed by atoms with E-state index in [0.29, 0.717) is 0 Å². The lowest BCUT2D eigenvalue weighted by atomic mass is 10.2. The van der Waals surface area contributed by atoms with Crippen molar-refractivity contribution in [3.05, 3.63) is 22.1 Å². The van der Waals surface area contributed by atoms with Gasteiger partial charge in [-0.15, -0.1) is 13.2 Å². The lowest BCUT2D eigenvalue weighted by Gasteiger charge is -2.14. The van der Waals surface area contributed by atoms with Crippen molar-refractivity contribution in [1.29, 1.82) is 0 Å². The molecular weight excluding hydrogens is 399 g/mol. The number of nitrogen functional groups attached to an aromatic ring is 1. The van der Waals surface area contributed by atoms with Crippen molar-refractivity contribution in [1.82, 2.24) is 14.5 Å². The summed E-state index contributed by atoms with van der Waals surface area (Å²) in [4.78, 5) is 22.1. The van der Waals surface area contributed by atoms with Crippen molar-refractivity contribution in [2.45, 2.75) is 31.2 Å². The van der Waals surface area contributed by atoms with E-state index in [1.54, 1.807) is 0 Å². The van der Waals surface area contributed by atoms with Crippen LogP contribution in [0.5, 0.6) is 0 Å². The molecule has 0 spiro atoms. The van der Waals surface area contributed by atoms with Crippen molar-refractivity contribution in [2.75, 3.05) is 18.9 Å². The smallest absolute Gasteiger partial charge is 0.395 e. The average Bonchev–Trinajstić information content (AvgIpc) is 3.17. The Morgan fingerprint density at radius 3 is 2.97 bits per heavy atom. The fourth-order valence-electron chi connectivity index (χ4n) is 2.85. The average molecular weight is 415 g/mol. The number of H-pyrrole nitrogens is 1. The molecule has 0 bridgehead atoms. The van der Waals surface area contributed by atoms with Gasteiger partial charge >= 0.3 is 6.36 Å². The zero-order chi connectivity index (χ0) is 21.2. The number of alkyl halides is 3. The van der Waals surface area contributed by atoms with Crippen LogP contribution in [0.2, 0.25) is 0 Å². The molecule has 156 valence electrons. The minimum Gasteiger partial charge on any atom is -0.395 e. The Bertz CT molecular complexity index is 1040. The summed E-state index contributed by atoms with van der Waals surface area (Å²) in [6.45, 7) is -0.702. The fourth-order valence-corrected chi connectivity index (χ4v) is 2.85. The lowest BCUT2D eigenvalue weighted by Crippen LogP contribution is -2.24. The number of halogens is 3. The minimum absolute atomic E-state index is 0.0905. The summed E-state index contributed by atoms with van der Waals surface area (Å²) in [5, 5.41) is 19.3. The van der Waals surface area contributed by atoms with Crippen molar-refractivity contribution in [3.8, 4) is 11.8 Å². The second-order valence-corrected chi connectivity index (χ2v) is 6.03. The number of rotatable bonds is 4. The Labute approximate surface area is 160 Å². The van der Waals surface area contributed by atoms with Gasteiger partial charge in [0.1, 0.15) is 18.9 Å². The Morgan fingerprint density at radius 1 is 1.55 bits per heavy atom. The third-order valence-electron chi connectivity index (χ3n) is 4.05. The summed E-state index contributed by atoms with van der Waals surface area (Å²) >= 11 is 0. The first-order chi connectivity index (χ1) is 13.7. The molecule has 3 heterocycles. The van der Waals surface area contributed by atoms with Crippen molar-refractivity contribution in [3.63, 3.8) is 0 Å². The fraction of sp³-hybridized carbons (Fsp3) is 0.438. The molecule has 2 aromatic heterocycles. The number of nitrogens with two attached hydrogens (primary N) is 1. The number of aliphatic hydroxyl groups is 2. The number of fused-ring (bicyclic) bond motifs is 1. The molecule has 2 aromatic rings. The Balaban J connectivity index is 1.91. The summed E-state index contributed by atoms with van der Waals surface area (Å²) in [6, 6.07) is 0. The first kappa shape index (κ1) is 20.6. The van der Waals surface area contributed by atoms with Gasteiger partial charge in [-0.2, -0.15) is 4.98 Å². The summed E-state index contributed by atoms with van der Waals surface area (Å²) < 4.78 is 46.0. The third kappa shape index (κ3) is 4.67. The molecule has 1 fully saturated rings. The van der Waals surface area contributed by atoms with Gasteiger partial charge in [-0.25, -0.2) is 4.99 Å². The zero-order valence-electron chi connectivity index (χ0n) is 14.7. The summed E-state index contributed by atoms with van der Waals surface area (Å²) in [5.74, 6) is 4.99. The van der Waals surface area contributed by atoms with E-state index in [9.17, 15) is 28.2 Å². The molecule has 10 nitrogen and oxygen atoms in total. The number of hydrogen-bond donors (Lipinski definition) is 4. The quantitative estimate of drug-likeness (QED) is 0.309. The van der Waals surface area contributed by atoms with Crippen LogP contribution in [0.15, 0.2) is 16.0 Å². The van der Waals surface area contributed by atoms with Gasteiger partial charge in [0, 0.05) is 12.6 Å². The van der Waals surface area contributed by atoms with Crippen LogP contribution in [0.3, 0.4) is 0 Å². The van der Waals surface area contributed by atoms with Crippen LogP contribution in [0.1, 0.15) is 18.2 Å². The van der Waals surface area contributed by atoms with Crippen LogP contribution < -0.4 is 11.3 Å². The standard InChI is InChI=1S/C16H16F3N5O5/c17-16(18,19)28-7-21-3-1-2-8-5-24(11-4-9(26)10(6-25)29-11)13-12(8)14(27)23-15(20)22-13/h5,7,9-11,25-26H,3-4,6H2,(H3,20,22,23,27)/b21-7-. The highest BCUT2D eigenvalue weighted by atomic mass is 19.4. The number of aliphatic imine (C=N–C) groups is 1. The Morgan fingerprint density at radius 2 is 2.31 bits per heavy atom. The molecule has 0 aromatic carbocycles. The van der Waals surface area contributed by atoms with E-state index in [1.165, 1.54) is 10.8 Å². The first-order valence-corrected chi connectivity index (χ1v) is 8.26. The van der Waals surface area contributed by atoms with Crippen LogP contribution >= 0.6 is 0 Å². The molecule has 1 saturated heterocycles. The van der Waals surface area contributed by atoms with Gasteiger partial charge in [0.05, 0.1) is 23.7 Å². The maximum absolute atomic E-state index is 12.3. The van der Waals surface area contributed by atoms with Gasteiger partial charge in [-0.05, 0) is 0 Å². The van der Waals surface area contributed by atoms with E-state index < -0.39 is 37.0 Å². The molecule has 3 rings (SSSR count). The van der Waals surface area contributed by atoms with Crippen molar-refractivity contribution < 1.29 is 32.9 Å². The number of aliphatic hydroxyl groups excluding tert-OH is 2. The normalized spacial score (nSPS) is 22.2. The topological polar surface area (TPSA) is 148 Å². The maximum atomic E-state index is 12.3. The number of ether oxygens (including phenoxy) is 2. The lowest BCUT2D eigenvalue weighted by molar-refractivity contribution is -0.280. The van der Waals surface area contributed by atoms with Gasteiger partial charge in [-0.3, -0.25) is 9.78 Å². The molecule has 0 radical (unpaired) electrons. The molecule has 1 aliphatic heterocycles. The molecule has 3 atom stereocenters. The summed E-state index contributed by atoms with van der Waals surface area (Å²) in [6.07, 6.45) is -5.46. The van der Waals surface area contributed by atoms with E-state index in [0.717, 1.165) is 0 Å². The Hall–Kier alpha value is -3.08. The largest absolute Gasteiger partial charge is 0.573 e. The maximum Gasteiger partial charge on any atom is 0.573 e. The van der Waals surface area contributed by atoms with Crippen LogP contribution in [-0.4, -0.2) is 62.9 Å². The van der Waals surface area contributed by atoms with Crippen molar-refractivity contribution in [2.24, 2.45) is 4.99 Å². The van der Waals surface area contributed by atoms with E-state index in [2.05, 4.69) is 31.5 Å². The molecule has 5 N–H and O–H groups in total. The number of aromatic nitrogens is 3. The molecule has 1 aliphatic rings. The predicted molar refractivity (Wildman–Crippen MR) is 93.8 cm³/mol. The van der Waals surface area contributed by atoms with E-state index in [4.69, 9.17) is 10.5 Å². The number of anilines is 1. The number of nitrogens with zero attached hydrogens (tertiary/aromatic N) is 3.